The minimum Gasteiger partial charge on any atom is -0.378 e. The van der Waals surface area contributed by atoms with Gasteiger partial charge in [0, 0.05) is 37.8 Å². The predicted molar refractivity (Wildman–Crippen MR) is 97.1 cm³/mol. The maximum absolute atomic E-state index is 12.5. The zero-order chi connectivity index (χ0) is 17.6. The van der Waals surface area contributed by atoms with Crippen LogP contribution in [0, 0.1) is 0 Å². The second-order valence-electron chi connectivity index (χ2n) is 6.53. The van der Waals surface area contributed by atoms with Gasteiger partial charge in [0.25, 0.3) is 5.91 Å². The van der Waals surface area contributed by atoms with Crippen LogP contribution in [0.25, 0.3) is 0 Å². The van der Waals surface area contributed by atoms with Gasteiger partial charge in [0.05, 0.1) is 23.8 Å². The Morgan fingerprint density at radius 1 is 1.28 bits per heavy atom. The molecule has 2 fully saturated rings. The Hall–Kier alpha value is -1.63. The minimum atomic E-state index is -0.103. The molecule has 25 heavy (non-hydrogen) atoms. The summed E-state index contributed by atoms with van der Waals surface area (Å²) in [6.45, 7) is 3.54. The summed E-state index contributed by atoms with van der Waals surface area (Å²) in [6, 6.07) is 5.09. The van der Waals surface area contributed by atoms with Crippen molar-refractivity contribution in [2.75, 3.05) is 38.2 Å². The van der Waals surface area contributed by atoms with E-state index in [1.165, 1.54) is 6.42 Å². The first-order valence-corrected chi connectivity index (χ1v) is 9.21. The van der Waals surface area contributed by atoms with Crippen LogP contribution in [0.3, 0.4) is 0 Å². The number of rotatable bonds is 4. The minimum absolute atomic E-state index is 0.0316. The molecule has 1 aromatic rings. The maximum Gasteiger partial charge on any atom is 0.255 e. The van der Waals surface area contributed by atoms with E-state index in [-0.39, 0.29) is 17.9 Å². The Morgan fingerprint density at radius 3 is 2.76 bits per heavy atom. The zero-order valence-electron chi connectivity index (χ0n) is 14.2. The van der Waals surface area contributed by atoms with Crippen molar-refractivity contribution >= 4 is 29.1 Å². The van der Waals surface area contributed by atoms with E-state index in [2.05, 4.69) is 10.6 Å². The molecule has 3 rings (SSSR count). The molecule has 2 amide bonds. The van der Waals surface area contributed by atoms with Crippen molar-refractivity contribution in [1.29, 1.82) is 0 Å². The molecule has 6 nitrogen and oxygen atoms in total. The van der Waals surface area contributed by atoms with Crippen molar-refractivity contribution < 1.29 is 14.3 Å². The van der Waals surface area contributed by atoms with E-state index in [0.717, 1.165) is 32.5 Å². The Bertz CT molecular complexity index is 626. The van der Waals surface area contributed by atoms with E-state index < -0.39 is 0 Å². The molecular weight excluding hydrogens is 342 g/mol. The summed E-state index contributed by atoms with van der Waals surface area (Å²) in [4.78, 5) is 26.5. The van der Waals surface area contributed by atoms with Crippen molar-refractivity contribution in [3.63, 3.8) is 0 Å². The second kappa shape index (κ2) is 8.65. The van der Waals surface area contributed by atoms with Gasteiger partial charge in [-0.25, -0.2) is 0 Å². The fourth-order valence-electron chi connectivity index (χ4n) is 3.22. The molecule has 2 N–H and O–H groups in total. The Labute approximate surface area is 152 Å². The number of anilines is 1. The topological polar surface area (TPSA) is 70.7 Å². The number of carbonyl (C=O) groups is 2. The van der Waals surface area contributed by atoms with Gasteiger partial charge in [-0.15, -0.1) is 0 Å². The monoisotopic (exact) mass is 365 g/mol. The van der Waals surface area contributed by atoms with Gasteiger partial charge in [0.15, 0.2) is 0 Å². The third-order valence-electron chi connectivity index (χ3n) is 4.56. The zero-order valence-corrected chi connectivity index (χ0v) is 15.0. The lowest BCUT2D eigenvalue weighted by Crippen LogP contribution is -2.43. The highest BCUT2D eigenvalue weighted by Gasteiger charge is 2.21. The summed E-state index contributed by atoms with van der Waals surface area (Å²) in [5.74, 6) is -0.139. The molecule has 2 aliphatic heterocycles. The number of piperidine rings is 1. The summed E-state index contributed by atoms with van der Waals surface area (Å²) in [5.41, 5.74) is 1.09. The van der Waals surface area contributed by atoms with E-state index >= 15 is 0 Å². The van der Waals surface area contributed by atoms with Gasteiger partial charge in [0.1, 0.15) is 0 Å². The third kappa shape index (κ3) is 4.93. The largest absolute Gasteiger partial charge is 0.378 e. The normalized spacial score (nSPS) is 21.0. The number of hydrogen-bond donors (Lipinski definition) is 2. The number of hydrogen-bond acceptors (Lipinski definition) is 4. The first kappa shape index (κ1) is 18.2. The number of likely N-dealkylation sites (tertiary alicyclic amines) is 1. The molecule has 2 heterocycles. The van der Waals surface area contributed by atoms with Crippen LogP contribution in [0.4, 0.5) is 5.69 Å². The van der Waals surface area contributed by atoms with E-state index in [0.29, 0.717) is 35.9 Å². The van der Waals surface area contributed by atoms with Crippen molar-refractivity contribution in [1.82, 2.24) is 10.2 Å². The van der Waals surface area contributed by atoms with E-state index in [1.807, 2.05) is 4.90 Å². The van der Waals surface area contributed by atoms with Gasteiger partial charge in [-0.2, -0.15) is 0 Å². The Balaban J connectivity index is 1.59. The van der Waals surface area contributed by atoms with Crippen LogP contribution in [0.2, 0.25) is 5.02 Å². The summed E-state index contributed by atoms with van der Waals surface area (Å²) >= 11 is 6.29. The quantitative estimate of drug-likeness (QED) is 0.858. The van der Waals surface area contributed by atoms with Crippen LogP contribution < -0.4 is 10.6 Å². The van der Waals surface area contributed by atoms with Crippen molar-refractivity contribution in [3.8, 4) is 0 Å². The molecule has 0 bridgehead atoms. The van der Waals surface area contributed by atoms with E-state index in [4.69, 9.17) is 16.3 Å². The third-order valence-corrected chi connectivity index (χ3v) is 4.87. The predicted octanol–water partition coefficient (Wildman–Crippen LogP) is 2.28. The summed E-state index contributed by atoms with van der Waals surface area (Å²) in [7, 11) is 0. The molecular formula is C18H24ClN3O3. The van der Waals surface area contributed by atoms with Crippen LogP contribution in [-0.2, 0) is 9.53 Å². The van der Waals surface area contributed by atoms with E-state index in [9.17, 15) is 9.59 Å². The average Bonchev–Trinajstić information content (AvgIpc) is 2.63. The number of carbonyl (C=O) groups excluding carboxylic acids is 2. The molecule has 0 radical (unpaired) electrons. The van der Waals surface area contributed by atoms with Gasteiger partial charge in [-0.3, -0.25) is 9.59 Å². The van der Waals surface area contributed by atoms with Crippen LogP contribution in [0.15, 0.2) is 18.2 Å². The van der Waals surface area contributed by atoms with Gasteiger partial charge in [-0.05, 0) is 37.5 Å². The number of nitrogens with one attached hydrogen (secondary N) is 2. The molecule has 0 spiro atoms. The molecule has 0 saturated carbocycles. The molecule has 7 heteroatoms. The fraction of sp³-hybridized carbons (Fsp3) is 0.556. The number of nitrogens with zero attached hydrogens (tertiary/aromatic N) is 1. The highest BCUT2D eigenvalue weighted by molar-refractivity contribution is 6.34. The highest BCUT2D eigenvalue weighted by atomic mass is 35.5. The lowest BCUT2D eigenvalue weighted by molar-refractivity contribution is -0.117. The molecule has 136 valence electrons. The fourth-order valence-corrected chi connectivity index (χ4v) is 3.48. The van der Waals surface area contributed by atoms with Crippen molar-refractivity contribution in [2.24, 2.45) is 0 Å². The number of morpholine rings is 1. The Morgan fingerprint density at radius 2 is 2.08 bits per heavy atom. The SMILES string of the molecule is O=C(CC1COCCN1)Nc1ccc(C(=O)N2CCCCC2)c(Cl)c1. The first-order valence-electron chi connectivity index (χ1n) is 8.83. The van der Waals surface area contributed by atoms with Crippen LogP contribution in [0.1, 0.15) is 36.0 Å². The van der Waals surface area contributed by atoms with Crippen LogP contribution >= 0.6 is 11.6 Å². The van der Waals surface area contributed by atoms with Gasteiger partial charge in [0.2, 0.25) is 5.91 Å². The van der Waals surface area contributed by atoms with Crippen LogP contribution in [0.5, 0.6) is 0 Å². The number of halogens is 1. The van der Waals surface area contributed by atoms with Crippen molar-refractivity contribution in [3.05, 3.63) is 28.8 Å². The van der Waals surface area contributed by atoms with E-state index in [1.54, 1.807) is 18.2 Å². The lowest BCUT2D eigenvalue weighted by atomic mass is 10.1. The second-order valence-corrected chi connectivity index (χ2v) is 6.93. The molecule has 0 aliphatic carbocycles. The molecule has 1 unspecified atom stereocenters. The molecule has 2 aliphatic rings. The summed E-state index contributed by atoms with van der Waals surface area (Å²) in [6.07, 6.45) is 3.59. The molecule has 0 aromatic heterocycles. The maximum atomic E-state index is 12.5. The smallest absolute Gasteiger partial charge is 0.255 e. The molecule has 1 aromatic carbocycles. The van der Waals surface area contributed by atoms with Gasteiger partial charge < -0.3 is 20.3 Å². The average molecular weight is 366 g/mol. The Kier molecular flexibility index (Phi) is 6.29. The molecule has 1 atom stereocenters. The lowest BCUT2D eigenvalue weighted by Gasteiger charge is -2.27. The molecule has 2 saturated heterocycles. The first-order chi connectivity index (χ1) is 12.1. The highest BCUT2D eigenvalue weighted by Crippen LogP contribution is 2.24. The number of ether oxygens (including phenoxy) is 1. The summed E-state index contributed by atoms with van der Waals surface area (Å²) in [5, 5.41) is 6.45. The number of benzene rings is 1. The number of amides is 2. The standard InChI is InChI=1S/C18H24ClN3O3/c19-16-10-13(21-17(23)11-14-12-25-9-6-20-14)4-5-15(16)18(24)22-7-2-1-3-8-22/h4-5,10,14,20H,1-3,6-9,11-12H2,(H,21,23). The van der Waals surface area contributed by atoms with Gasteiger partial charge in [-0.1, -0.05) is 11.6 Å². The van der Waals surface area contributed by atoms with Crippen molar-refractivity contribution in [2.45, 2.75) is 31.7 Å². The van der Waals surface area contributed by atoms with Gasteiger partial charge >= 0.3 is 0 Å². The van der Waals surface area contributed by atoms with Crippen LogP contribution in [-0.4, -0.2) is 55.6 Å². The summed E-state index contributed by atoms with van der Waals surface area (Å²) < 4.78 is 5.35.